The van der Waals surface area contributed by atoms with Crippen LogP contribution in [0.1, 0.15) is 6.92 Å². The van der Waals surface area contributed by atoms with Gasteiger partial charge in [-0.15, -0.1) is 0 Å². The molecule has 0 aliphatic carbocycles. The molecule has 13 heavy (non-hydrogen) atoms. The average Bonchev–Trinajstić information content (AvgIpc) is 2.15. The zero-order valence-electron chi connectivity index (χ0n) is 8.37. The van der Waals surface area contributed by atoms with E-state index >= 15 is 0 Å². The molecule has 2 N–H and O–H groups in total. The lowest BCUT2D eigenvalue weighted by Gasteiger charge is -2.17. The highest BCUT2D eigenvalue weighted by Gasteiger charge is 2.01. The number of nitrogens with zero attached hydrogens (tertiary/aromatic N) is 1. The van der Waals surface area contributed by atoms with Gasteiger partial charge in [0.2, 0.25) is 0 Å². The number of nitrogens with two attached hydrogens (primary N) is 1. The van der Waals surface area contributed by atoms with Crippen LogP contribution in [0.2, 0.25) is 0 Å². The van der Waals surface area contributed by atoms with Gasteiger partial charge >= 0.3 is 0 Å². The lowest BCUT2D eigenvalue weighted by molar-refractivity contribution is 0.415. The molecule has 0 aliphatic rings. The highest BCUT2D eigenvalue weighted by Crippen LogP contribution is 2.24. The van der Waals surface area contributed by atoms with E-state index in [-0.39, 0.29) is 0 Å². The van der Waals surface area contributed by atoms with Crippen molar-refractivity contribution in [3.05, 3.63) is 18.2 Å². The molecule has 0 saturated carbocycles. The number of rotatable bonds is 3. The Balaban J connectivity index is 3.01. The predicted molar refractivity (Wildman–Crippen MR) is 56.4 cm³/mol. The zero-order valence-corrected chi connectivity index (χ0v) is 8.37. The highest BCUT2D eigenvalue weighted by molar-refractivity contribution is 5.60. The normalized spacial score (nSPS) is 9.77. The van der Waals surface area contributed by atoms with Crippen LogP contribution in [0.4, 0.5) is 11.4 Å². The van der Waals surface area contributed by atoms with Crippen molar-refractivity contribution in [1.82, 2.24) is 0 Å². The van der Waals surface area contributed by atoms with Gasteiger partial charge in [0.25, 0.3) is 0 Å². The molecular weight excluding hydrogens is 164 g/mol. The Morgan fingerprint density at radius 1 is 1.38 bits per heavy atom. The fraction of sp³-hybridized carbons (Fsp3) is 0.400. The first-order valence-corrected chi connectivity index (χ1v) is 4.33. The largest absolute Gasteiger partial charge is 0.497 e. The summed E-state index contributed by atoms with van der Waals surface area (Å²) < 4.78 is 5.12. The van der Waals surface area contributed by atoms with Crippen molar-refractivity contribution >= 4 is 11.4 Å². The minimum absolute atomic E-state index is 0.731. The fourth-order valence-corrected chi connectivity index (χ4v) is 1.13. The van der Waals surface area contributed by atoms with Crippen molar-refractivity contribution in [2.45, 2.75) is 6.92 Å². The van der Waals surface area contributed by atoms with Gasteiger partial charge in [-0.25, -0.2) is 0 Å². The maximum atomic E-state index is 5.72. The number of anilines is 2. The first kappa shape index (κ1) is 9.71. The van der Waals surface area contributed by atoms with Crippen molar-refractivity contribution in [1.29, 1.82) is 0 Å². The van der Waals surface area contributed by atoms with Crippen molar-refractivity contribution in [2.75, 3.05) is 31.3 Å². The molecule has 1 aromatic rings. The molecule has 3 heteroatoms. The summed E-state index contributed by atoms with van der Waals surface area (Å²) in [5.41, 5.74) is 7.53. The standard InChI is InChI=1S/C10H16N2O/c1-4-12(2)9-5-8(11)6-10(7-9)13-3/h5-7H,4,11H2,1-3H3. The minimum Gasteiger partial charge on any atom is -0.497 e. The van der Waals surface area contributed by atoms with Crippen molar-refractivity contribution in [2.24, 2.45) is 0 Å². The lowest BCUT2D eigenvalue weighted by Crippen LogP contribution is -2.15. The molecular formula is C10H16N2O. The van der Waals surface area contributed by atoms with Crippen molar-refractivity contribution in [3.8, 4) is 5.75 Å². The number of ether oxygens (including phenoxy) is 1. The second kappa shape index (κ2) is 4.03. The quantitative estimate of drug-likeness (QED) is 0.720. The molecule has 1 rings (SSSR count). The summed E-state index contributed by atoms with van der Waals surface area (Å²) >= 11 is 0. The molecule has 0 spiro atoms. The molecule has 0 bridgehead atoms. The highest BCUT2D eigenvalue weighted by atomic mass is 16.5. The minimum atomic E-state index is 0.731. The predicted octanol–water partition coefficient (Wildman–Crippen LogP) is 1.73. The zero-order chi connectivity index (χ0) is 9.84. The third-order valence-corrected chi connectivity index (χ3v) is 2.06. The summed E-state index contributed by atoms with van der Waals surface area (Å²) in [5, 5.41) is 0. The van der Waals surface area contributed by atoms with Crippen LogP contribution in [0.5, 0.6) is 5.75 Å². The average molecular weight is 180 g/mol. The number of nitrogen functional groups attached to an aromatic ring is 1. The van der Waals surface area contributed by atoms with Crippen LogP contribution in [-0.4, -0.2) is 20.7 Å². The van der Waals surface area contributed by atoms with E-state index in [9.17, 15) is 0 Å². The molecule has 0 atom stereocenters. The Labute approximate surface area is 79.1 Å². The van der Waals surface area contributed by atoms with Crippen LogP contribution >= 0.6 is 0 Å². The first-order chi connectivity index (χ1) is 6.17. The summed E-state index contributed by atoms with van der Waals surface area (Å²) in [6.07, 6.45) is 0. The molecule has 3 nitrogen and oxygen atoms in total. The van der Waals surface area contributed by atoms with E-state index in [4.69, 9.17) is 10.5 Å². The van der Waals surface area contributed by atoms with Gasteiger partial charge in [0.15, 0.2) is 0 Å². The van der Waals surface area contributed by atoms with Gasteiger partial charge in [-0.3, -0.25) is 0 Å². The van der Waals surface area contributed by atoms with E-state index in [1.807, 2.05) is 25.2 Å². The van der Waals surface area contributed by atoms with E-state index in [0.29, 0.717) is 0 Å². The number of hydrogen-bond acceptors (Lipinski definition) is 3. The molecule has 0 radical (unpaired) electrons. The second-order valence-electron chi connectivity index (χ2n) is 2.98. The molecule has 72 valence electrons. The van der Waals surface area contributed by atoms with Gasteiger partial charge in [-0.05, 0) is 13.0 Å². The number of methoxy groups -OCH3 is 1. The van der Waals surface area contributed by atoms with Crippen LogP contribution in [0.3, 0.4) is 0 Å². The summed E-state index contributed by atoms with van der Waals surface area (Å²) in [5.74, 6) is 0.801. The summed E-state index contributed by atoms with van der Waals surface area (Å²) in [7, 11) is 3.67. The molecule has 0 heterocycles. The third kappa shape index (κ3) is 2.28. The van der Waals surface area contributed by atoms with Gasteiger partial charge in [-0.1, -0.05) is 0 Å². The van der Waals surface area contributed by atoms with Gasteiger partial charge in [-0.2, -0.15) is 0 Å². The van der Waals surface area contributed by atoms with Crippen LogP contribution < -0.4 is 15.4 Å². The smallest absolute Gasteiger partial charge is 0.122 e. The molecule has 0 aliphatic heterocycles. The molecule has 0 unspecified atom stereocenters. The maximum absolute atomic E-state index is 5.72. The van der Waals surface area contributed by atoms with Gasteiger partial charge in [0.1, 0.15) is 5.75 Å². The van der Waals surface area contributed by atoms with Crippen molar-refractivity contribution in [3.63, 3.8) is 0 Å². The topological polar surface area (TPSA) is 38.5 Å². The summed E-state index contributed by atoms with van der Waals surface area (Å²) in [6, 6.07) is 5.72. The second-order valence-corrected chi connectivity index (χ2v) is 2.98. The molecule has 0 aromatic heterocycles. The van der Waals surface area contributed by atoms with E-state index < -0.39 is 0 Å². The van der Waals surface area contributed by atoms with Gasteiger partial charge in [0, 0.05) is 37.1 Å². The molecule has 0 fully saturated rings. The Kier molecular flexibility index (Phi) is 3.01. The SMILES string of the molecule is CCN(C)c1cc(N)cc(OC)c1. The van der Waals surface area contributed by atoms with Gasteiger partial charge in [0.05, 0.1) is 7.11 Å². The van der Waals surface area contributed by atoms with E-state index in [2.05, 4.69) is 11.8 Å². The van der Waals surface area contributed by atoms with E-state index in [1.54, 1.807) is 7.11 Å². The Morgan fingerprint density at radius 3 is 2.62 bits per heavy atom. The monoisotopic (exact) mass is 180 g/mol. The Bertz CT molecular complexity index is 286. The van der Waals surface area contributed by atoms with Gasteiger partial charge < -0.3 is 15.4 Å². The summed E-state index contributed by atoms with van der Waals surface area (Å²) in [4.78, 5) is 2.11. The maximum Gasteiger partial charge on any atom is 0.122 e. The Hall–Kier alpha value is -1.38. The molecule has 0 amide bonds. The molecule has 1 aromatic carbocycles. The van der Waals surface area contributed by atoms with Crippen LogP contribution in [-0.2, 0) is 0 Å². The first-order valence-electron chi connectivity index (χ1n) is 4.33. The van der Waals surface area contributed by atoms with Crippen molar-refractivity contribution < 1.29 is 4.74 Å². The fourth-order valence-electron chi connectivity index (χ4n) is 1.13. The lowest BCUT2D eigenvalue weighted by atomic mass is 10.2. The number of hydrogen-bond donors (Lipinski definition) is 1. The van der Waals surface area contributed by atoms with Crippen LogP contribution in [0, 0.1) is 0 Å². The third-order valence-electron chi connectivity index (χ3n) is 2.06. The van der Waals surface area contributed by atoms with E-state index in [0.717, 1.165) is 23.7 Å². The summed E-state index contributed by atoms with van der Waals surface area (Å²) in [6.45, 7) is 3.04. The van der Waals surface area contributed by atoms with Crippen LogP contribution in [0.25, 0.3) is 0 Å². The van der Waals surface area contributed by atoms with E-state index in [1.165, 1.54) is 0 Å². The van der Waals surface area contributed by atoms with Crippen LogP contribution in [0.15, 0.2) is 18.2 Å². The Morgan fingerprint density at radius 2 is 2.08 bits per heavy atom. The number of benzene rings is 1. The molecule has 0 saturated heterocycles.